The molecule has 2 heterocycles. The summed E-state index contributed by atoms with van der Waals surface area (Å²) in [6.45, 7) is 0.0201. The minimum Gasteiger partial charge on any atom is -0.392 e. The molecule has 111 valence electrons. The fraction of sp³-hybridized carbons (Fsp3) is 0.0526. The summed E-state index contributed by atoms with van der Waals surface area (Å²) in [5, 5.41) is 14.0. The SMILES string of the molecule is OCc1cccc(-c2ccc3ncc(-c4c[c]ccc4)n3n2)c1. The lowest BCUT2D eigenvalue weighted by Gasteiger charge is -2.06. The van der Waals surface area contributed by atoms with Crippen molar-refractivity contribution in [2.45, 2.75) is 6.61 Å². The van der Waals surface area contributed by atoms with E-state index in [1.165, 1.54) is 0 Å². The van der Waals surface area contributed by atoms with Gasteiger partial charge in [-0.15, -0.1) is 0 Å². The van der Waals surface area contributed by atoms with E-state index < -0.39 is 0 Å². The van der Waals surface area contributed by atoms with Crippen LogP contribution in [0.5, 0.6) is 0 Å². The lowest BCUT2D eigenvalue weighted by molar-refractivity contribution is 0.282. The van der Waals surface area contributed by atoms with E-state index in [0.29, 0.717) is 0 Å². The molecule has 0 aliphatic carbocycles. The summed E-state index contributed by atoms with van der Waals surface area (Å²) in [7, 11) is 0. The van der Waals surface area contributed by atoms with E-state index in [2.05, 4.69) is 11.1 Å². The van der Waals surface area contributed by atoms with Crippen LogP contribution in [0.25, 0.3) is 28.2 Å². The Morgan fingerprint density at radius 3 is 2.78 bits per heavy atom. The Kier molecular flexibility index (Phi) is 3.37. The van der Waals surface area contributed by atoms with Crippen LogP contribution in [0.1, 0.15) is 5.56 Å². The molecule has 0 spiro atoms. The first kappa shape index (κ1) is 13.7. The first-order valence-corrected chi connectivity index (χ1v) is 7.36. The molecular formula is C19H14N3O. The summed E-state index contributed by atoms with van der Waals surface area (Å²) in [6, 6.07) is 22.5. The molecule has 4 nitrogen and oxygen atoms in total. The highest BCUT2D eigenvalue weighted by Gasteiger charge is 2.09. The molecule has 2 aromatic carbocycles. The average molecular weight is 300 g/mol. The van der Waals surface area contributed by atoms with Crippen molar-refractivity contribution >= 4 is 5.65 Å². The number of rotatable bonds is 3. The van der Waals surface area contributed by atoms with Crippen molar-refractivity contribution in [3.8, 4) is 22.5 Å². The Balaban J connectivity index is 1.87. The van der Waals surface area contributed by atoms with E-state index >= 15 is 0 Å². The van der Waals surface area contributed by atoms with E-state index in [-0.39, 0.29) is 6.61 Å². The van der Waals surface area contributed by atoms with Crippen LogP contribution < -0.4 is 0 Å². The fourth-order valence-corrected chi connectivity index (χ4v) is 2.61. The third kappa shape index (κ3) is 2.49. The third-order valence-electron chi connectivity index (χ3n) is 3.77. The minimum absolute atomic E-state index is 0.0201. The molecule has 0 atom stereocenters. The van der Waals surface area contributed by atoms with Gasteiger partial charge in [0.05, 0.1) is 24.2 Å². The quantitative estimate of drug-likeness (QED) is 0.631. The van der Waals surface area contributed by atoms with Crippen molar-refractivity contribution < 1.29 is 5.11 Å². The normalized spacial score (nSPS) is 11.0. The van der Waals surface area contributed by atoms with Crippen LogP contribution in [0.3, 0.4) is 0 Å². The summed E-state index contributed by atoms with van der Waals surface area (Å²) in [5.74, 6) is 0. The highest BCUT2D eigenvalue weighted by molar-refractivity contribution is 5.66. The monoisotopic (exact) mass is 300 g/mol. The van der Waals surface area contributed by atoms with E-state index in [4.69, 9.17) is 5.10 Å². The lowest BCUT2D eigenvalue weighted by Crippen LogP contribution is -1.97. The Morgan fingerprint density at radius 2 is 1.96 bits per heavy atom. The van der Waals surface area contributed by atoms with Crippen molar-refractivity contribution in [2.75, 3.05) is 0 Å². The second kappa shape index (κ2) is 5.66. The van der Waals surface area contributed by atoms with E-state index in [1.54, 1.807) is 0 Å². The fourth-order valence-electron chi connectivity index (χ4n) is 2.61. The van der Waals surface area contributed by atoms with Gasteiger partial charge in [-0.2, -0.15) is 5.10 Å². The molecule has 0 saturated heterocycles. The van der Waals surface area contributed by atoms with Gasteiger partial charge in [0.2, 0.25) is 0 Å². The van der Waals surface area contributed by atoms with Crippen LogP contribution in [-0.2, 0) is 6.61 Å². The molecule has 0 amide bonds. The average Bonchev–Trinajstić information content (AvgIpc) is 3.05. The highest BCUT2D eigenvalue weighted by atomic mass is 16.3. The lowest BCUT2D eigenvalue weighted by atomic mass is 10.1. The zero-order valence-electron chi connectivity index (χ0n) is 12.3. The van der Waals surface area contributed by atoms with Gasteiger partial charge in [-0.05, 0) is 35.9 Å². The van der Waals surface area contributed by atoms with Gasteiger partial charge in [-0.3, -0.25) is 0 Å². The predicted molar refractivity (Wildman–Crippen MR) is 88.6 cm³/mol. The molecule has 0 aliphatic rings. The van der Waals surface area contributed by atoms with Crippen molar-refractivity contribution in [3.63, 3.8) is 0 Å². The first-order valence-electron chi connectivity index (χ1n) is 7.36. The Bertz CT molecular complexity index is 961. The van der Waals surface area contributed by atoms with Crippen LogP contribution in [-0.4, -0.2) is 19.7 Å². The smallest absolute Gasteiger partial charge is 0.154 e. The zero-order chi connectivity index (χ0) is 15.6. The third-order valence-corrected chi connectivity index (χ3v) is 3.77. The molecule has 1 N–H and O–H groups in total. The number of benzene rings is 2. The van der Waals surface area contributed by atoms with Crippen LogP contribution in [0.2, 0.25) is 0 Å². The van der Waals surface area contributed by atoms with Crippen molar-refractivity contribution in [1.82, 2.24) is 14.6 Å². The Morgan fingerprint density at radius 1 is 1.04 bits per heavy atom. The summed E-state index contributed by atoms with van der Waals surface area (Å²) < 4.78 is 1.84. The molecule has 4 heteroatoms. The number of nitrogens with zero attached hydrogens (tertiary/aromatic N) is 3. The summed E-state index contributed by atoms with van der Waals surface area (Å²) in [5.41, 5.74) is 5.43. The summed E-state index contributed by atoms with van der Waals surface area (Å²) >= 11 is 0. The summed E-state index contributed by atoms with van der Waals surface area (Å²) in [6.07, 6.45) is 1.82. The van der Waals surface area contributed by atoms with Crippen LogP contribution in [0.15, 0.2) is 66.9 Å². The second-order valence-electron chi connectivity index (χ2n) is 5.28. The van der Waals surface area contributed by atoms with Crippen LogP contribution >= 0.6 is 0 Å². The number of aliphatic hydroxyl groups excluding tert-OH is 1. The van der Waals surface area contributed by atoms with Crippen molar-refractivity contribution in [3.05, 3.63) is 78.5 Å². The van der Waals surface area contributed by atoms with E-state index in [1.807, 2.05) is 71.4 Å². The van der Waals surface area contributed by atoms with Crippen LogP contribution in [0.4, 0.5) is 0 Å². The van der Waals surface area contributed by atoms with Crippen LogP contribution in [0, 0.1) is 6.07 Å². The molecule has 1 radical (unpaired) electrons. The largest absolute Gasteiger partial charge is 0.392 e. The topological polar surface area (TPSA) is 50.4 Å². The molecule has 0 bridgehead atoms. The molecule has 0 fully saturated rings. The molecule has 0 unspecified atom stereocenters. The molecular weight excluding hydrogens is 286 g/mol. The van der Waals surface area contributed by atoms with E-state index in [0.717, 1.165) is 33.7 Å². The molecule has 0 aliphatic heterocycles. The standard InChI is InChI=1S/C19H14N3O/c23-13-14-5-4-8-16(11-14)17-9-10-19-20-12-18(22(19)21-17)15-6-2-1-3-7-15/h1-2,4-12,23H,13H2. The number of aliphatic hydroxyl groups is 1. The number of fused-ring (bicyclic) bond motifs is 1. The van der Waals surface area contributed by atoms with Crippen molar-refractivity contribution in [1.29, 1.82) is 0 Å². The first-order chi connectivity index (χ1) is 11.3. The highest BCUT2D eigenvalue weighted by Crippen LogP contribution is 2.23. The Labute approximate surface area is 133 Å². The van der Waals surface area contributed by atoms with Gasteiger partial charge >= 0.3 is 0 Å². The predicted octanol–water partition coefficient (Wildman–Crippen LogP) is 3.36. The van der Waals surface area contributed by atoms with Gasteiger partial charge in [0, 0.05) is 11.1 Å². The number of hydrogen-bond donors (Lipinski definition) is 1. The number of imidazole rings is 1. The molecule has 0 saturated carbocycles. The van der Waals surface area contributed by atoms with Gasteiger partial charge < -0.3 is 5.11 Å². The zero-order valence-corrected chi connectivity index (χ0v) is 12.3. The number of aromatic nitrogens is 3. The van der Waals surface area contributed by atoms with Gasteiger partial charge in [0.15, 0.2) is 5.65 Å². The number of hydrogen-bond acceptors (Lipinski definition) is 3. The second-order valence-corrected chi connectivity index (χ2v) is 5.28. The Hall–Kier alpha value is -2.98. The maximum atomic E-state index is 9.30. The van der Waals surface area contributed by atoms with Gasteiger partial charge in [0.25, 0.3) is 0 Å². The van der Waals surface area contributed by atoms with E-state index in [9.17, 15) is 5.11 Å². The molecule has 2 aromatic heterocycles. The molecule has 4 rings (SSSR count). The maximum Gasteiger partial charge on any atom is 0.154 e. The summed E-state index contributed by atoms with van der Waals surface area (Å²) in [4.78, 5) is 4.41. The molecule has 23 heavy (non-hydrogen) atoms. The van der Waals surface area contributed by atoms with Crippen molar-refractivity contribution in [2.24, 2.45) is 0 Å². The van der Waals surface area contributed by atoms with Gasteiger partial charge in [-0.25, -0.2) is 9.50 Å². The van der Waals surface area contributed by atoms with Gasteiger partial charge in [-0.1, -0.05) is 36.4 Å². The maximum absolute atomic E-state index is 9.30. The minimum atomic E-state index is 0.0201. The van der Waals surface area contributed by atoms with Gasteiger partial charge in [0.1, 0.15) is 0 Å². The molecule has 4 aromatic rings.